The second kappa shape index (κ2) is 14.4. The molecule has 0 aliphatic carbocycles. The minimum Gasteiger partial charge on any atom is -0.490 e. The fourth-order valence-electron chi connectivity index (χ4n) is 3.91. The highest BCUT2D eigenvalue weighted by Crippen LogP contribution is 2.35. The molecule has 41 heavy (non-hydrogen) atoms. The van der Waals surface area contributed by atoms with Gasteiger partial charge in [-0.1, -0.05) is 59.7 Å². The van der Waals surface area contributed by atoms with Crippen LogP contribution in [0, 0.1) is 28.7 Å². The van der Waals surface area contributed by atoms with E-state index >= 15 is 0 Å². The summed E-state index contributed by atoms with van der Waals surface area (Å²) >= 11 is 2.18. The molecule has 0 radical (unpaired) electrons. The number of hydrogen-bond donors (Lipinski definition) is 1. The Balaban J connectivity index is 1.43. The maximum Gasteiger partial charge on any atom is 0.266 e. The van der Waals surface area contributed by atoms with Gasteiger partial charge in [0, 0.05) is 5.69 Å². The first-order valence-corrected chi connectivity index (χ1v) is 14.3. The van der Waals surface area contributed by atoms with Crippen LogP contribution in [0.1, 0.15) is 34.7 Å². The first-order chi connectivity index (χ1) is 19.8. The van der Waals surface area contributed by atoms with Crippen LogP contribution in [-0.2, 0) is 18.0 Å². The van der Waals surface area contributed by atoms with E-state index in [0.29, 0.717) is 48.3 Å². The third-order valence-corrected chi connectivity index (χ3v) is 6.95. The summed E-state index contributed by atoms with van der Waals surface area (Å²) in [5.41, 5.74) is 5.69. The predicted octanol–water partition coefficient (Wildman–Crippen LogP) is 8.01. The van der Waals surface area contributed by atoms with Gasteiger partial charge in [-0.05, 0) is 103 Å². The highest BCUT2D eigenvalue weighted by atomic mass is 127. The highest BCUT2D eigenvalue weighted by molar-refractivity contribution is 14.1. The standard InChI is InChI=1S/C34H31IN2O4/c1-4-39-32-19-27(18-31(35)33(32)41-22-26-11-7-24(3)8-12-26)17-28(20-36)34(38)37-29-13-15-30(16-14-29)40-21-25-9-5-23(2)6-10-25/h5-19H,4,21-22H2,1-3H3,(H,37,38)/b28-17+. The highest BCUT2D eigenvalue weighted by Gasteiger charge is 2.15. The molecule has 6 nitrogen and oxygen atoms in total. The van der Waals surface area contributed by atoms with Gasteiger partial charge in [0.15, 0.2) is 11.5 Å². The Morgan fingerprint density at radius 1 is 0.854 bits per heavy atom. The molecular formula is C34H31IN2O4. The summed E-state index contributed by atoms with van der Waals surface area (Å²) in [6.45, 7) is 7.27. The van der Waals surface area contributed by atoms with Crippen LogP contribution >= 0.6 is 22.6 Å². The topological polar surface area (TPSA) is 80.6 Å². The number of anilines is 1. The molecule has 0 atom stereocenters. The first kappa shape index (κ1) is 29.7. The van der Waals surface area contributed by atoms with Crippen molar-refractivity contribution in [3.8, 4) is 23.3 Å². The minimum atomic E-state index is -0.506. The molecule has 4 aromatic rings. The number of aryl methyl sites for hydroxylation is 2. The lowest BCUT2D eigenvalue weighted by molar-refractivity contribution is -0.112. The van der Waals surface area contributed by atoms with Crippen molar-refractivity contribution < 1.29 is 19.0 Å². The van der Waals surface area contributed by atoms with Crippen LogP contribution in [0.4, 0.5) is 5.69 Å². The Hall–Kier alpha value is -4.29. The van der Waals surface area contributed by atoms with Crippen molar-refractivity contribution in [3.63, 3.8) is 0 Å². The Morgan fingerprint density at radius 3 is 2.00 bits per heavy atom. The molecule has 1 amide bonds. The number of benzene rings is 4. The van der Waals surface area contributed by atoms with Gasteiger partial charge in [-0.15, -0.1) is 0 Å². The van der Waals surface area contributed by atoms with E-state index in [9.17, 15) is 10.1 Å². The lowest BCUT2D eigenvalue weighted by Crippen LogP contribution is -2.13. The molecule has 0 saturated heterocycles. The normalized spacial score (nSPS) is 11.0. The molecule has 0 bridgehead atoms. The molecule has 0 saturated carbocycles. The van der Waals surface area contributed by atoms with E-state index < -0.39 is 5.91 Å². The Kier molecular flexibility index (Phi) is 10.4. The summed E-state index contributed by atoms with van der Waals surface area (Å²) in [7, 11) is 0. The number of carbonyl (C=O) groups is 1. The van der Waals surface area contributed by atoms with E-state index in [2.05, 4.69) is 27.9 Å². The third-order valence-electron chi connectivity index (χ3n) is 6.15. The largest absolute Gasteiger partial charge is 0.490 e. The first-order valence-electron chi connectivity index (χ1n) is 13.2. The van der Waals surface area contributed by atoms with Gasteiger partial charge in [0.1, 0.15) is 30.6 Å². The second-order valence-corrected chi connectivity index (χ2v) is 10.6. The van der Waals surface area contributed by atoms with Gasteiger partial charge in [0.05, 0.1) is 10.2 Å². The van der Waals surface area contributed by atoms with Crippen molar-refractivity contribution in [3.05, 3.63) is 122 Å². The summed E-state index contributed by atoms with van der Waals surface area (Å²) in [5, 5.41) is 12.5. The molecule has 0 heterocycles. The third kappa shape index (κ3) is 8.60. The maximum atomic E-state index is 12.9. The summed E-state index contributed by atoms with van der Waals surface area (Å²) < 4.78 is 18.6. The van der Waals surface area contributed by atoms with Gasteiger partial charge in [0.25, 0.3) is 5.91 Å². The molecular weight excluding hydrogens is 627 g/mol. The molecule has 208 valence electrons. The molecule has 7 heteroatoms. The molecule has 4 rings (SSSR count). The SMILES string of the molecule is CCOc1cc(/C=C(\C#N)C(=O)Nc2ccc(OCc3ccc(C)cc3)cc2)cc(I)c1OCc1ccc(C)cc1. The van der Waals surface area contributed by atoms with Crippen molar-refractivity contribution >= 4 is 40.3 Å². The van der Waals surface area contributed by atoms with Gasteiger partial charge in [0.2, 0.25) is 0 Å². The van der Waals surface area contributed by atoms with E-state index in [1.165, 1.54) is 11.1 Å². The second-order valence-electron chi connectivity index (χ2n) is 9.46. The van der Waals surface area contributed by atoms with Crippen molar-refractivity contribution in [2.24, 2.45) is 0 Å². The molecule has 4 aromatic carbocycles. The van der Waals surface area contributed by atoms with Crippen molar-refractivity contribution in [1.82, 2.24) is 0 Å². The lowest BCUT2D eigenvalue weighted by atomic mass is 10.1. The summed E-state index contributed by atoms with van der Waals surface area (Å²) in [6, 6.07) is 29.0. The lowest BCUT2D eigenvalue weighted by Gasteiger charge is -2.15. The fraction of sp³-hybridized carbons (Fsp3) is 0.176. The number of nitriles is 1. The van der Waals surface area contributed by atoms with Gasteiger partial charge in [-0.25, -0.2) is 0 Å². The quantitative estimate of drug-likeness (QED) is 0.100. The number of halogens is 1. The zero-order chi connectivity index (χ0) is 29.2. The predicted molar refractivity (Wildman–Crippen MR) is 170 cm³/mol. The number of ether oxygens (including phenoxy) is 3. The van der Waals surface area contributed by atoms with E-state index in [4.69, 9.17) is 14.2 Å². The number of nitrogens with one attached hydrogen (secondary N) is 1. The van der Waals surface area contributed by atoms with Crippen LogP contribution in [0.25, 0.3) is 6.08 Å². The number of amides is 1. The van der Waals surface area contributed by atoms with E-state index in [1.54, 1.807) is 36.4 Å². The molecule has 0 aromatic heterocycles. The van der Waals surface area contributed by atoms with E-state index in [-0.39, 0.29) is 5.57 Å². The summed E-state index contributed by atoms with van der Waals surface area (Å²) in [4.78, 5) is 12.9. The summed E-state index contributed by atoms with van der Waals surface area (Å²) in [6.07, 6.45) is 1.54. The van der Waals surface area contributed by atoms with Crippen molar-refractivity contribution in [2.45, 2.75) is 34.0 Å². The number of carbonyl (C=O) groups excluding carboxylic acids is 1. The Labute approximate surface area is 254 Å². The number of rotatable bonds is 11. The van der Waals surface area contributed by atoms with Crippen LogP contribution in [0.2, 0.25) is 0 Å². The summed E-state index contributed by atoms with van der Waals surface area (Å²) in [5.74, 6) is 1.35. The van der Waals surface area contributed by atoms with Crippen LogP contribution in [-0.4, -0.2) is 12.5 Å². The Morgan fingerprint density at radius 2 is 1.44 bits per heavy atom. The fourth-order valence-corrected chi connectivity index (χ4v) is 4.69. The van der Waals surface area contributed by atoms with Crippen molar-refractivity contribution in [1.29, 1.82) is 5.26 Å². The van der Waals surface area contributed by atoms with E-state index in [1.807, 2.05) is 81.4 Å². The zero-order valence-electron chi connectivity index (χ0n) is 23.2. The van der Waals surface area contributed by atoms with Gasteiger partial charge < -0.3 is 19.5 Å². The average molecular weight is 659 g/mol. The van der Waals surface area contributed by atoms with Gasteiger partial charge in [-0.3, -0.25) is 4.79 Å². The van der Waals surface area contributed by atoms with Crippen LogP contribution in [0.3, 0.4) is 0 Å². The van der Waals surface area contributed by atoms with E-state index in [0.717, 1.165) is 14.7 Å². The smallest absolute Gasteiger partial charge is 0.266 e. The molecule has 0 fully saturated rings. The van der Waals surface area contributed by atoms with Crippen molar-refractivity contribution in [2.75, 3.05) is 11.9 Å². The molecule has 1 N–H and O–H groups in total. The zero-order valence-corrected chi connectivity index (χ0v) is 25.4. The monoisotopic (exact) mass is 658 g/mol. The molecule has 0 spiro atoms. The number of nitrogens with zero attached hydrogens (tertiary/aromatic N) is 1. The molecule has 0 aliphatic rings. The van der Waals surface area contributed by atoms with Gasteiger partial charge >= 0.3 is 0 Å². The molecule has 0 unspecified atom stereocenters. The van der Waals surface area contributed by atoms with Crippen LogP contribution < -0.4 is 19.5 Å². The Bertz CT molecular complexity index is 1560. The average Bonchev–Trinajstić information content (AvgIpc) is 2.97. The molecule has 0 aliphatic heterocycles. The van der Waals surface area contributed by atoms with Crippen LogP contribution in [0.5, 0.6) is 17.2 Å². The number of hydrogen-bond acceptors (Lipinski definition) is 5. The maximum absolute atomic E-state index is 12.9. The van der Waals surface area contributed by atoms with Crippen LogP contribution in [0.15, 0.2) is 90.5 Å². The minimum absolute atomic E-state index is 0.0312. The van der Waals surface area contributed by atoms with Gasteiger partial charge in [-0.2, -0.15) is 5.26 Å².